The van der Waals surface area contributed by atoms with Crippen LogP contribution >= 0.6 is 15.9 Å². The van der Waals surface area contributed by atoms with Crippen molar-refractivity contribution in [1.29, 1.82) is 0 Å². The van der Waals surface area contributed by atoms with Gasteiger partial charge >= 0.3 is 5.97 Å². The molecule has 0 radical (unpaired) electrons. The van der Waals surface area contributed by atoms with Crippen molar-refractivity contribution in [3.05, 3.63) is 57.8 Å². The Balaban J connectivity index is 2.23. The van der Waals surface area contributed by atoms with Gasteiger partial charge in [0.25, 0.3) is 5.91 Å². The minimum atomic E-state index is -0.990. The highest BCUT2D eigenvalue weighted by Crippen LogP contribution is 2.18. The molecule has 0 unspecified atom stereocenters. The Labute approximate surface area is 123 Å². The van der Waals surface area contributed by atoms with Gasteiger partial charge in [0.15, 0.2) is 0 Å². The summed E-state index contributed by atoms with van der Waals surface area (Å²) in [6.45, 7) is 1.68. The van der Waals surface area contributed by atoms with Gasteiger partial charge in [-0.15, -0.1) is 0 Å². The number of anilines is 1. The number of carbonyl (C=O) groups excluding carboxylic acids is 1. The fourth-order valence-corrected chi connectivity index (χ4v) is 2.17. The summed E-state index contributed by atoms with van der Waals surface area (Å²) in [4.78, 5) is 27.0. The first-order valence-corrected chi connectivity index (χ1v) is 6.54. The lowest BCUT2D eigenvalue weighted by Gasteiger charge is -2.08. The molecule has 1 heterocycles. The van der Waals surface area contributed by atoms with E-state index in [0.29, 0.717) is 21.4 Å². The van der Waals surface area contributed by atoms with Crippen molar-refractivity contribution in [2.24, 2.45) is 0 Å². The molecule has 0 aliphatic heterocycles. The molecule has 0 fully saturated rings. The Morgan fingerprint density at radius 2 is 2.00 bits per heavy atom. The first kappa shape index (κ1) is 14.2. The number of aryl methyl sites for hydroxylation is 1. The number of pyridine rings is 1. The summed E-state index contributed by atoms with van der Waals surface area (Å²) in [5.74, 6) is -1.30. The number of nitrogens with zero attached hydrogens (tertiary/aromatic N) is 1. The second kappa shape index (κ2) is 5.83. The molecule has 1 aromatic carbocycles. The van der Waals surface area contributed by atoms with Gasteiger partial charge in [0.05, 0.1) is 11.1 Å². The molecule has 2 rings (SSSR count). The van der Waals surface area contributed by atoms with Gasteiger partial charge in [-0.1, -0.05) is 0 Å². The van der Waals surface area contributed by atoms with Gasteiger partial charge in [-0.3, -0.25) is 4.79 Å². The Bertz CT molecular complexity index is 686. The van der Waals surface area contributed by atoms with Crippen molar-refractivity contribution >= 4 is 33.5 Å². The van der Waals surface area contributed by atoms with Crippen LogP contribution in [0.3, 0.4) is 0 Å². The lowest BCUT2D eigenvalue weighted by molar-refractivity contribution is 0.0696. The van der Waals surface area contributed by atoms with Crippen LogP contribution in [0.1, 0.15) is 26.3 Å². The van der Waals surface area contributed by atoms with Gasteiger partial charge in [0.2, 0.25) is 0 Å². The molecule has 2 aromatic rings. The predicted molar refractivity (Wildman–Crippen MR) is 78.0 cm³/mol. The third-order valence-electron chi connectivity index (χ3n) is 2.72. The first-order valence-electron chi connectivity index (χ1n) is 5.75. The minimum Gasteiger partial charge on any atom is -0.478 e. The van der Waals surface area contributed by atoms with Gasteiger partial charge in [0.1, 0.15) is 4.60 Å². The molecule has 1 aromatic heterocycles. The van der Waals surface area contributed by atoms with Crippen molar-refractivity contribution in [2.75, 3.05) is 5.32 Å². The molecule has 0 aliphatic rings. The molecule has 20 heavy (non-hydrogen) atoms. The van der Waals surface area contributed by atoms with Gasteiger partial charge in [-0.05, 0) is 58.7 Å². The molecule has 0 spiro atoms. The van der Waals surface area contributed by atoms with Gasteiger partial charge < -0.3 is 10.4 Å². The molecule has 0 saturated heterocycles. The zero-order chi connectivity index (χ0) is 14.7. The van der Waals surface area contributed by atoms with Crippen LogP contribution in [0.4, 0.5) is 5.69 Å². The van der Waals surface area contributed by atoms with E-state index < -0.39 is 5.97 Å². The lowest BCUT2D eigenvalue weighted by Crippen LogP contribution is -2.13. The summed E-state index contributed by atoms with van der Waals surface area (Å²) in [6.07, 6.45) is 1.58. The highest BCUT2D eigenvalue weighted by molar-refractivity contribution is 9.10. The number of halogens is 1. The number of carboxylic acids is 1. The molecule has 102 valence electrons. The summed E-state index contributed by atoms with van der Waals surface area (Å²) in [5.41, 5.74) is 1.74. The van der Waals surface area contributed by atoms with Crippen LogP contribution in [-0.2, 0) is 0 Å². The van der Waals surface area contributed by atoms with E-state index >= 15 is 0 Å². The summed E-state index contributed by atoms with van der Waals surface area (Å²) in [6, 6.07) is 7.94. The van der Waals surface area contributed by atoms with Crippen LogP contribution < -0.4 is 5.32 Å². The zero-order valence-corrected chi connectivity index (χ0v) is 12.1. The van der Waals surface area contributed by atoms with Gasteiger partial charge in [0, 0.05) is 11.9 Å². The molecule has 0 saturated carbocycles. The number of hydrogen-bond acceptors (Lipinski definition) is 3. The number of rotatable bonds is 3. The average Bonchev–Trinajstić information content (AvgIpc) is 2.38. The number of carbonyl (C=O) groups is 2. The molecule has 0 aliphatic carbocycles. The first-order chi connectivity index (χ1) is 9.49. The second-order valence-electron chi connectivity index (χ2n) is 4.13. The fraction of sp³-hybridized carbons (Fsp3) is 0.0714. The monoisotopic (exact) mass is 334 g/mol. The number of amides is 1. The normalized spacial score (nSPS) is 10.1. The standard InChI is InChI=1S/C14H11BrN2O3/c1-8-7-9(4-5-10(8)14(19)20)17-13(18)11-3-2-6-16-12(11)15/h2-7H,1H3,(H,17,18)(H,19,20). The molecular formula is C14H11BrN2O3. The van der Waals surface area contributed by atoms with Crippen LogP contribution in [-0.4, -0.2) is 22.0 Å². The number of benzene rings is 1. The third-order valence-corrected chi connectivity index (χ3v) is 3.35. The SMILES string of the molecule is Cc1cc(NC(=O)c2cccnc2Br)ccc1C(=O)O. The highest BCUT2D eigenvalue weighted by atomic mass is 79.9. The van der Waals surface area contributed by atoms with Crippen molar-refractivity contribution in [2.45, 2.75) is 6.92 Å². The predicted octanol–water partition coefficient (Wildman–Crippen LogP) is 3.10. The van der Waals surface area contributed by atoms with E-state index in [4.69, 9.17) is 5.11 Å². The molecular weight excluding hydrogens is 324 g/mol. The maximum Gasteiger partial charge on any atom is 0.335 e. The van der Waals surface area contributed by atoms with E-state index in [1.54, 1.807) is 37.4 Å². The van der Waals surface area contributed by atoms with E-state index in [1.165, 1.54) is 6.07 Å². The third kappa shape index (κ3) is 3.03. The highest BCUT2D eigenvalue weighted by Gasteiger charge is 2.12. The van der Waals surface area contributed by atoms with Crippen LogP contribution in [0.15, 0.2) is 41.1 Å². The van der Waals surface area contributed by atoms with Crippen LogP contribution in [0.5, 0.6) is 0 Å². The van der Waals surface area contributed by atoms with Crippen molar-refractivity contribution < 1.29 is 14.7 Å². The van der Waals surface area contributed by atoms with E-state index in [9.17, 15) is 9.59 Å². The van der Waals surface area contributed by atoms with E-state index in [1.807, 2.05) is 0 Å². The molecule has 5 nitrogen and oxygen atoms in total. The van der Waals surface area contributed by atoms with Gasteiger partial charge in [-0.2, -0.15) is 0 Å². The zero-order valence-electron chi connectivity index (χ0n) is 10.6. The number of carboxylic acid groups (broad SMARTS) is 1. The Hall–Kier alpha value is -2.21. The van der Waals surface area contributed by atoms with Crippen molar-refractivity contribution in [3.63, 3.8) is 0 Å². The molecule has 6 heteroatoms. The Morgan fingerprint density at radius 3 is 2.60 bits per heavy atom. The molecule has 0 atom stereocenters. The Morgan fingerprint density at radius 1 is 1.25 bits per heavy atom. The number of hydrogen-bond donors (Lipinski definition) is 2. The van der Waals surface area contributed by atoms with Crippen molar-refractivity contribution in [1.82, 2.24) is 4.98 Å². The summed E-state index contributed by atoms with van der Waals surface area (Å²) < 4.78 is 0.455. The molecule has 0 bridgehead atoms. The number of aromatic nitrogens is 1. The van der Waals surface area contributed by atoms with E-state index in [-0.39, 0.29) is 11.5 Å². The molecule has 2 N–H and O–H groups in total. The summed E-state index contributed by atoms with van der Waals surface area (Å²) >= 11 is 3.21. The fourth-order valence-electron chi connectivity index (χ4n) is 1.74. The summed E-state index contributed by atoms with van der Waals surface area (Å²) in [7, 11) is 0. The quantitative estimate of drug-likeness (QED) is 0.845. The second-order valence-corrected chi connectivity index (χ2v) is 4.88. The smallest absolute Gasteiger partial charge is 0.335 e. The van der Waals surface area contributed by atoms with Gasteiger partial charge in [-0.25, -0.2) is 9.78 Å². The van der Waals surface area contributed by atoms with Crippen LogP contribution in [0.25, 0.3) is 0 Å². The summed E-state index contributed by atoms with van der Waals surface area (Å²) in [5, 5.41) is 11.7. The lowest BCUT2D eigenvalue weighted by atomic mass is 10.1. The van der Waals surface area contributed by atoms with Crippen molar-refractivity contribution in [3.8, 4) is 0 Å². The van der Waals surface area contributed by atoms with E-state index in [0.717, 1.165) is 0 Å². The number of aromatic carboxylic acids is 1. The minimum absolute atomic E-state index is 0.213. The largest absolute Gasteiger partial charge is 0.478 e. The topological polar surface area (TPSA) is 79.3 Å². The Kier molecular flexibility index (Phi) is 4.14. The maximum absolute atomic E-state index is 12.1. The van der Waals surface area contributed by atoms with Crippen LogP contribution in [0, 0.1) is 6.92 Å². The van der Waals surface area contributed by atoms with Crippen LogP contribution in [0.2, 0.25) is 0 Å². The maximum atomic E-state index is 12.1. The van der Waals surface area contributed by atoms with E-state index in [2.05, 4.69) is 26.2 Å². The number of nitrogens with one attached hydrogen (secondary N) is 1. The average molecular weight is 335 g/mol. The molecule has 1 amide bonds.